The lowest BCUT2D eigenvalue weighted by Gasteiger charge is -2.03. The van der Waals surface area contributed by atoms with Gasteiger partial charge in [0.05, 0.1) is 17.9 Å². The van der Waals surface area contributed by atoms with Crippen LogP contribution in [0.25, 0.3) is 0 Å². The molecule has 1 N–H and O–H groups in total. The van der Waals surface area contributed by atoms with Crippen LogP contribution in [0.3, 0.4) is 0 Å². The minimum Gasteiger partial charge on any atom is -0.385 e. The van der Waals surface area contributed by atoms with Crippen molar-refractivity contribution in [1.29, 1.82) is 0 Å². The summed E-state index contributed by atoms with van der Waals surface area (Å²) in [6.45, 7) is 9.02. The van der Waals surface area contributed by atoms with Crippen molar-refractivity contribution >= 4 is 5.69 Å². The zero-order valence-corrected chi connectivity index (χ0v) is 9.30. The van der Waals surface area contributed by atoms with Crippen LogP contribution >= 0.6 is 0 Å². The van der Waals surface area contributed by atoms with Gasteiger partial charge in [0.15, 0.2) is 0 Å². The largest absolute Gasteiger partial charge is 0.385 e. The van der Waals surface area contributed by atoms with Gasteiger partial charge in [-0.2, -0.15) is 5.10 Å². The van der Waals surface area contributed by atoms with E-state index in [2.05, 4.69) is 23.9 Å². The van der Waals surface area contributed by atoms with Crippen LogP contribution in [0.4, 0.5) is 5.69 Å². The maximum absolute atomic E-state index is 4.40. The van der Waals surface area contributed by atoms with E-state index in [1.54, 1.807) is 0 Å². The van der Waals surface area contributed by atoms with Crippen molar-refractivity contribution in [2.75, 3.05) is 12.4 Å². The van der Waals surface area contributed by atoms with Gasteiger partial charge >= 0.3 is 0 Å². The molecule has 0 atom stereocenters. The number of allylic oxidation sites excluding steroid dienone is 1. The van der Waals surface area contributed by atoms with Crippen molar-refractivity contribution in [2.45, 2.75) is 33.2 Å². The SMILES string of the molecule is C=C(CCC)Cn1cc(NC)c(C)n1. The quantitative estimate of drug-likeness (QED) is 0.728. The molecule has 0 spiro atoms. The van der Waals surface area contributed by atoms with Gasteiger partial charge in [-0.1, -0.05) is 25.5 Å². The first kappa shape index (κ1) is 10.8. The van der Waals surface area contributed by atoms with Gasteiger partial charge in [-0.3, -0.25) is 4.68 Å². The van der Waals surface area contributed by atoms with Gasteiger partial charge in [0.25, 0.3) is 0 Å². The van der Waals surface area contributed by atoms with E-state index in [1.165, 1.54) is 5.57 Å². The molecule has 78 valence electrons. The monoisotopic (exact) mass is 193 g/mol. The highest BCUT2D eigenvalue weighted by Crippen LogP contribution is 2.13. The summed E-state index contributed by atoms with van der Waals surface area (Å²) >= 11 is 0. The molecule has 0 fully saturated rings. The highest BCUT2D eigenvalue weighted by molar-refractivity contribution is 5.44. The Morgan fingerprint density at radius 2 is 2.36 bits per heavy atom. The molecule has 0 radical (unpaired) electrons. The summed E-state index contributed by atoms with van der Waals surface area (Å²) in [5.41, 5.74) is 3.36. The van der Waals surface area contributed by atoms with Crippen LogP contribution in [0.2, 0.25) is 0 Å². The lowest BCUT2D eigenvalue weighted by molar-refractivity contribution is 0.648. The molecule has 3 nitrogen and oxygen atoms in total. The van der Waals surface area contributed by atoms with Gasteiger partial charge in [0, 0.05) is 13.2 Å². The van der Waals surface area contributed by atoms with Crippen LogP contribution in [0.5, 0.6) is 0 Å². The number of aromatic nitrogens is 2. The van der Waals surface area contributed by atoms with E-state index in [1.807, 2.05) is 24.9 Å². The van der Waals surface area contributed by atoms with Crippen molar-refractivity contribution < 1.29 is 0 Å². The summed E-state index contributed by atoms with van der Waals surface area (Å²) < 4.78 is 1.94. The van der Waals surface area contributed by atoms with Gasteiger partial charge in [0.2, 0.25) is 0 Å². The van der Waals surface area contributed by atoms with E-state index in [9.17, 15) is 0 Å². The van der Waals surface area contributed by atoms with E-state index in [-0.39, 0.29) is 0 Å². The number of nitrogens with zero attached hydrogens (tertiary/aromatic N) is 2. The van der Waals surface area contributed by atoms with E-state index >= 15 is 0 Å². The molecule has 0 aliphatic heterocycles. The summed E-state index contributed by atoms with van der Waals surface area (Å²) in [6, 6.07) is 0. The van der Waals surface area contributed by atoms with E-state index in [0.717, 1.165) is 30.8 Å². The van der Waals surface area contributed by atoms with Gasteiger partial charge in [-0.05, 0) is 13.3 Å². The number of hydrogen-bond acceptors (Lipinski definition) is 2. The van der Waals surface area contributed by atoms with Crippen molar-refractivity contribution in [3.8, 4) is 0 Å². The Morgan fingerprint density at radius 1 is 1.64 bits per heavy atom. The van der Waals surface area contributed by atoms with E-state index in [0.29, 0.717) is 0 Å². The molecule has 0 unspecified atom stereocenters. The Kier molecular flexibility index (Phi) is 3.74. The Balaban J connectivity index is 2.63. The maximum Gasteiger partial charge on any atom is 0.0825 e. The molecule has 1 heterocycles. The molecular weight excluding hydrogens is 174 g/mol. The van der Waals surface area contributed by atoms with Gasteiger partial charge in [0.1, 0.15) is 0 Å². The molecule has 0 amide bonds. The molecule has 1 aromatic heterocycles. The van der Waals surface area contributed by atoms with Gasteiger partial charge in [-0.15, -0.1) is 0 Å². The van der Waals surface area contributed by atoms with Crippen LogP contribution in [0.1, 0.15) is 25.5 Å². The minimum atomic E-state index is 0.830. The molecule has 3 heteroatoms. The second kappa shape index (κ2) is 4.84. The second-order valence-corrected chi connectivity index (χ2v) is 3.58. The Bertz CT molecular complexity index is 312. The summed E-state index contributed by atoms with van der Waals surface area (Å²) in [6.07, 6.45) is 4.25. The molecule has 0 saturated heterocycles. The second-order valence-electron chi connectivity index (χ2n) is 3.58. The third kappa shape index (κ3) is 2.62. The summed E-state index contributed by atoms with van der Waals surface area (Å²) in [5, 5.41) is 7.50. The first-order valence-electron chi connectivity index (χ1n) is 5.05. The van der Waals surface area contributed by atoms with Crippen molar-refractivity contribution in [3.63, 3.8) is 0 Å². The van der Waals surface area contributed by atoms with Crippen molar-refractivity contribution in [1.82, 2.24) is 9.78 Å². The zero-order chi connectivity index (χ0) is 10.6. The fourth-order valence-electron chi connectivity index (χ4n) is 1.51. The maximum atomic E-state index is 4.40. The third-order valence-corrected chi connectivity index (χ3v) is 2.20. The van der Waals surface area contributed by atoms with Crippen LogP contribution < -0.4 is 5.32 Å². The number of rotatable bonds is 5. The number of nitrogens with one attached hydrogen (secondary N) is 1. The van der Waals surface area contributed by atoms with Crippen LogP contribution in [-0.4, -0.2) is 16.8 Å². The summed E-state index contributed by atoms with van der Waals surface area (Å²) in [4.78, 5) is 0. The molecule has 14 heavy (non-hydrogen) atoms. The van der Waals surface area contributed by atoms with Crippen molar-refractivity contribution in [2.24, 2.45) is 0 Å². The predicted octanol–water partition coefficient (Wildman–Crippen LogP) is 2.59. The standard InChI is InChI=1S/C11H19N3/c1-5-6-9(2)7-14-8-11(12-4)10(3)13-14/h8,12H,2,5-7H2,1,3-4H3. The average molecular weight is 193 g/mol. The molecule has 0 bridgehead atoms. The van der Waals surface area contributed by atoms with Crippen LogP contribution in [0.15, 0.2) is 18.3 Å². The zero-order valence-electron chi connectivity index (χ0n) is 9.30. The molecule has 0 aromatic carbocycles. The minimum absolute atomic E-state index is 0.830. The van der Waals surface area contributed by atoms with Crippen LogP contribution in [0, 0.1) is 6.92 Å². The lowest BCUT2D eigenvalue weighted by Crippen LogP contribution is -2.00. The smallest absolute Gasteiger partial charge is 0.0825 e. The van der Waals surface area contributed by atoms with Gasteiger partial charge in [-0.25, -0.2) is 0 Å². The first-order chi connectivity index (χ1) is 6.67. The topological polar surface area (TPSA) is 29.9 Å². The molecule has 0 aliphatic carbocycles. The molecular formula is C11H19N3. The fraction of sp³-hybridized carbons (Fsp3) is 0.545. The molecule has 1 rings (SSSR count). The molecule has 0 aliphatic rings. The highest BCUT2D eigenvalue weighted by atomic mass is 15.3. The summed E-state index contributed by atoms with van der Waals surface area (Å²) in [7, 11) is 1.91. The Morgan fingerprint density at radius 3 is 2.86 bits per heavy atom. The Labute approximate surface area is 85.8 Å². The molecule has 1 aromatic rings. The first-order valence-corrected chi connectivity index (χ1v) is 5.05. The fourth-order valence-corrected chi connectivity index (χ4v) is 1.51. The predicted molar refractivity (Wildman–Crippen MR) is 60.6 cm³/mol. The number of hydrogen-bond donors (Lipinski definition) is 1. The number of aryl methyl sites for hydroxylation is 1. The highest BCUT2D eigenvalue weighted by Gasteiger charge is 2.03. The average Bonchev–Trinajstić information content (AvgIpc) is 2.46. The van der Waals surface area contributed by atoms with E-state index in [4.69, 9.17) is 0 Å². The van der Waals surface area contributed by atoms with Crippen LogP contribution in [-0.2, 0) is 6.54 Å². The Hall–Kier alpha value is -1.25. The molecule has 0 saturated carbocycles. The number of anilines is 1. The third-order valence-electron chi connectivity index (χ3n) is 2.20. The van der Waals surface area contributed by atoms with E-state index < -0.39 is 0 Å². The normalized spacial score (nSPS) is 10.2. The lowest BCUT2D eigenvalue weighted by atomic mass is 10.2. The van der Waals surface area contributed by atoms with Crippen molar-refractivity contribution in [3.05, 3.63) is 24.0 Å². The van der Waals surface area contributed by atoms with Gasteiger partial charge < -0.3 is 5.32 Å². The summed E-state index contributed by atoms with van der Waals surface area (Å²) in [5.74, 6) is 0.